The van der Waals surface area contributed by atoms with Gasteiger partial charge in [0, 0.05) is 0 Å². The molecule has 2 nitrogen and oxygen atoms in total. The van der Waals surface area contributed by atoms with Crippen LogP contribution in [0.1, 0.15) is 13.8 Å². The third-order valence-electron chi connectivity index (χ3n) is 2.02. The van der Waals surface area contributed by atoms with Gasteiger partial charge in [-0.1, -0.05) is 47.0 Å². The van der Waals surface area contributed by atoms with Gasteiger partial charge in [0.25, 0.3) is 0 Å². The number of thioether (sulfide) groups is 4. The number of methoxy groups -OCH3 is 1. The molecule has 0 bridgehead atoms. The lowest BCUT2D eigenvalue weighted by molar-refractivity contribution is -0.135. The largest absolute Gasteiger partial charge is 0.465 e. The van der Waals surface area contributed by atoms with Gasteiger partial charge in [-0.2, -0.15) is 0 Å². The highest BCUT2D eigenvalue weighted by molar-refractivity contribution is 8.34. The van der Waals surface area contributed by atoms with E-state index < -0.39 is 0 Å². The number of carbonyl (C=O) groups is 1. The molecule has 2 aliphatic heterocycles. The van der Waals surface area contributed by atoms with Crippen LogP contribution in [-0.2, 0) is 9.53 Å². The number of allylic oxidation sites excluding steroid dienone is 2. The van der Waals surface area contributed by atoms with Gasteiger partial charge in [0.1, 0.15) is 4.91 Å². The Morgan fingerprint density at radius 1 is 1.12 bits per heavy atom. The zero-order chi connectivity index (χ0) is 11.7. The molecule has 0 radical (unpaired) electrons. The lowest BCUT2D eigenvalue weighted by Gasteiger charge is -2.01. The van der Waals surface area contributed by atoms with Gasteiger partial charge in [-0.3, -0.25) is 0 Å². The topological polar surface area (TPSA) is 26.3 Å². The third-order valence-corrected chi connectivity index (χ3v) is 7.52. The molecular formula is C10H10O2S4. The Bertz CT molecular complexity index is 418. The second-order valence-corrected chi connectivity index (χ2v) is 7.98. The van der Waals surface area contributed by atoms with Crippen LogP contribution in [0.3, 0.4) is 0 Å². The highest BCUT2D eigenvalue weighted by Gasteiger charge is 2.25. The summed E-state index contributed by atoms with van der Waals surface area (Å²) in [4.78, 5) is 14.7. The van der Waals surface area contributed by atoms with Crippen LogP contribution >= 0.6 is 47.0 Å². The van der Waals surface area contributed by atoms with Crippen LogP contribution in [0, 0.1) is 0 Å². The zero-order valence-corrected chi connectivity index (χ0v) is 12.3. The Morgan fingerprint density at radius 2 is 1.75 bits per heavy atom. The van der Waals surface area contributed by atoms with E-state index in [9.17, 15) is 4.79 Å². The summed E-state index contributed by atoms with van der Waals surface area (Å²) in [6, 6.07) is 0. The standard InChI is InChI=1S/C10H10O2S4/c1-5-6(2)15-10(14-5)9-13-4-7(16-9)8(11)12-3/h4H,1-3H3. The summed E-state index contributed by atoms with van der Waals surface area (Å²) < 4.78 is 7.16. The first kappa shape index (κ1) is 12.5. The molecule has 0 aromatic carbocycles. The Labute approximate surface area is 112 Å². The molecule has 0 saturated heterocycles. The molecule has 0 aromatic heterocycles. The van der Waals surface area contributed by atoms with Crippen LogP contribution in [-0.4, -0.2) is 13.1 Å². The van der Waals surface area contributed by atoms with Crippen molar-refractivity contribution in [3.8, 4) is 0 Å². The van der Waals surface area contributed by atoms with Gasteiger partial charge in [0.05, 0.1) is 15.6 Å². The summed E-state index contributed by atoms with van der Waals surface area (Å²) in [5.74, 6) is -0.248. The minimum absolute atomic E-state index is 0.248. The minimum Gasteiger partial charge on any atom is -0.465 e. The Hall–Kier alpha value is 0.0900. The monoisotopic (exact) mass is 290 g/mol. The van der Waals surface area contributed by atoms with Crippen molar-refractivity contribution in [2.75, 3.05) is 7.11 Å². The molecule has 0 atom stereocenters. The highest BCUT2D eigenvalue weighted by atomic mass is 32.2. The van der Waals surface area contributed by atoms with Crippen LogP contribution in [0.25, 0.3) is 0 Å². The van der Waals surface area contributed by atoms with Crippen LogP contribution in [0.4, 0.5) is 0 Å². The van der Waals surface area contributed by atoms with Gasteiger partial charge in [0.15, 0.2) is 0 Å². The first-order chi connectivity index (χ1) is 7.61. The minimum atomic E-state index is -0.248. The molecular weight excluding hydrogens is 280 g/mol. The van der Waals surface area contributed by atoms with Crippen molar-refractivity contribution < 1.29 is 9.53 Å². The van der Waals surface area contributed by atoms with Crippen molar-refractivity contribution in [2.24, 2.45) is 0 Å². The predicted octanol–water partition coefficient (Wildman–Crippen LogP) is 4.34. The van der Waals surface area contributed by atoms with E-state index in [4.69, 9.17) is 4.74 Å². The van der Waals surface area contributed by atoms with Crippen LogP contribution in [0.15, 0.2) is 28.6 Å². The maximum Gasteiger partial charge on any atom is 0.345 e. The molecule has 16 heavy (non-hydrogen) atoms. The quantitative estimate of drug-likeness (QED) is 0.667. The fourth-order valence-electron chi connectivity index (χ4n) is 1.06. The molecule has 2 rings (SSSR count). The van der Waals surface area contributed by atoms with Gasteiger partial charge in [0.2, 0.25) is 0 Å². The molecule has 0 spiro atoms. The smallest absolute Gasteiger partial charge is 0.345 e. The van der Waals surface area contributed by atoms with E-state index in [1.807, 2.05) is 5.41 Å². The van der Waals surface area contributed by atoms with Gasteiger partial charge >= 0.3 is 5.97 Å². The summed E-state index contributed by atoms with van der Waals surface area (Å²) in [7, 11) is 1.41. The molecule has 0 N–H and O–H groups in total. The highest BCUT2D eigenvalue weighted by Crippen LogP contribution is 2.57. The molecule has 0 aromatic rings. The van der Waals surface area contributed by atoms with Crippen LogP contribution in [0.5, 0.6) is 0 Å². The van der Waals surface area contributed by atoms with Crippen LogP contribution in [0.2, 0.25) is 0 Å². The molecule has 0 unspecified atom stereocenters. The molecule has 0 fully saturated rings. The fourth-order valence-corrected chi connectivity index (χ4v) is 6.08. The maximum absolute atomic E-state index is 11.3. The van der Waals surface area contributed by atoms with Gasteiger partial charge in [-0.05, 0) is 29.1 Å². The average Bonchev–Trinajstić information content (AvgIpc) is 2.86. The first-order valence-electron chi connectivity index (χ1n) is 4.52. The van der Waals surface area contributed by atoms with Gasteiger partial charge in [-0.25, -0.2) is 4.79 Å². The lowest BCUT2D eigenvalue weighted by atomic mass is 10.6. The van der Waals surface area contributed by atoms with Crippen molar-refractivity contribution in [2.45, 2.75) is 13.8 Å². The third kappa shape index (κ3) is 2.50. The molecule has 2 heterocycles. The molecule has 86 valence electrons. The maximum atomic E-state index is 11.3. The summed E-state index contributed by atoms with van der Waals surface area (Å²) in [5, 5.41) is 1.86. The normalized spacial score (nSPS) is 20.6. The molecule has 0 saturated carbocycles. The summed E-state index contributed by atoms with van der Waals surface area (Å²) >= 11 is 6.69. The number of hydrogen-bond acceptors (Lipinski definition) is 6. The molecule has 2 aliphatic rings. The number of carbonyl (C=O) groups excluding carboxylic acids is 1. The van der Waals surface area contributed by atoms with E-state index in [1.165, 1.54) is 37.2 Å². The molecule has 6 heteroatoms. The summed E-state index contributed by atoms with van der Waals surface area (Å²) in [5.41, 5.74) is 0. The van der Waals surface area contributed by atoms with Crippen molar-refractivity contribution in [3.63, 3.8) is 0 Å². The second-order valence-electron chi connectivity index (χ2n) is 3.09. The molecule has 0 amide bonds. The summed E-state index contributed by atoms with van der Waals surface area (Å²) in [6.45, 7) is 4.25. The first-order valence-corrected chi connectivity index (χ1v) is 7.85. The number of hydrogen-bond donors (Lipinski definition) is 0. The fraction of sp³-hybridized carbons (Fsp3) is 0.300. The SMILES string of the molecule is COC(=O)C1=CSC(=C2SC(C)=C(C)S2)S1. The van der Waals surface area contributed by atoms with Crippen molar-refractivity contribution >= 4 is 53.0 Å². The number of rotatable bonds is 1. The van der Waals surface area contributed by atoms with Gasteiger partial charge < -0.3 is 4.74 Å². The van der Waals surface area contributed by atoms with Gasteiger partial charge in [-0.15, -0.1) is 0 Å². The number of ether oxygens (including phenoxy) is 1. The van der Waals surface area contributed by atoms with E-state index >= 15 is 0 Å². The average molecular weight is 290 g/mol. The number of esters is 1. The van der Waals surface area contributed by atoms with E-state index in [0.29, 0.717) is 4.91 Å². The summed E-state index contributed by atoms with van der Waals surface area (Å²) in [6.07, 6.45) is 0. The predicted molar refractivity (Wildman–Crippen MR) is 75.9 cm³/mol. The van der Waals surface area contributed by atoms with Crippen molar-refractivity contribution in [1.82, 2.24) is 0 Å². The second kappa shape index (κ2) is 5.16. The van der Waals surface area contributed by atoms with E-state index in [1.54, 1.807) is 35.3 Å². The van der Waals surface area contributed by atoms with Crippen molar-refractivity contribution in [1.29, 1.82) is 0 Å². The molecule has 0 aliphatic carbocycles. The van der Waals surface area contributed by atoms with E-state index in [2.05, 4.69) is 13.8 Å². The van der Waals surface area contributed by atoms with Crippen molar-refractivity contribution in [3.05, 3.63) is 28.6 Å². The Morgan fingerprint density at radius 3 is 2.31 bits per heavy atom. The Balaban J connectivity index is 2.08. The van der Waals surface area contributed by atoms with E-state index in [0.717, 1.165) is 0 Å². The van der Waals surface area contributed by atoms with E-state index in [-0.39, 0.29) is 5.97 Å². The zero-order valence-electron chi connectivity index (χ0n) is 9.03. The lowest BCUT2D eigenvalue weighted by Crippen LogP contribution is -1.99. The van der Waals surface area contributed by atoms with Crippen LogP contribution < -0.4 is 0 Å². The Kier molecular flexibility index (Phi) is 4.05.